The van der Waals surface area contributed by atoms with Crippen molar-refractivity contribution in [3.63, 3.8) is 0 Å². The molecule has 4 N–H and O–H groups in total. The van der Waals surface area contributed by atoms with Crippen molar-refractivity contribution >= 4 is 17.2 Å². The highest BCUT2D eigenvalue weighted by molar-refractivity contribution is 7.80. The van der Waals surface area contributed by atoms with Crippen LogP contribution in [0.3, 0.4) is 0 Å². The lowest BCUT2D eigenvalue weighted by molar-refractivity contribution is 0.0799. The second-order valence-corrected chi connectivity index (χ2v) is 3.94. The Morgan fingerprint density at radius 3 is 2.75 bits per heavy atom. The molecule has 0 amide bonds. The van der Waals surface area contributed by atoms with E-state index in [0.29, 0.717) is 5.69 Å². The van der Waals surface area contributed by atoms with Crippen molar-refractivity contribution in [1.82, 2.24) is 4.57 Å². The Bertz CT molecular complexity index is 456. The molecule has 5 nitrogen and oxygen atoms in total. The van der Waals surface area contributed by atoms with E-state index in [1.807, 2.05) is 0 Å². The monoisotopic (exact) mass is 242 g/mol. The van der Waals surface area contributed by atoms with Gasteiger partial charge in [-0.15, -0.1) is 0 Å². The van der Waals surface area contributed by atoms with Gasteiger partial charge in [0.1, 0.15) is 4.99 Å². The Morgan fingerprint density at radius 2 is 2.25 bits per heavy atom. The summed E-state index contributed by atoms with van der Waals surface area (Å²) in [6.45, 7) is 1.36. The van der Waals surface area contributed by atoms with E-state index in [1.165, 1.54) is 4.57 Å². The van der Waals surface area contributed by atoms with Crippen molar-refractivity contribution in [3.05, 3.63) is 33.7 Å². The highest BCUT2D eigenvalue weighted by Gasteiger charge is 2.11. The number of thiocarbonyl (C=S) groups is 1. The third-order valence-corrected chi connectivity index (χ3v) is 2.48. The maximum atomic E-state index is 11.9. The van der Waals surface area contributed by atoms with Gasteiger partial charge < -0.3 is 20.5 Å². The van der Waals surface area contributed by atoms with Crippen LogP contribution in [0.4, 0.5) is 0 Å². The van der Waals surface area contributed by atoms with Gasteiger partial charge in [-0.2, -0.15) is 0 Å². The van der Waals surface area contributed by atoms with Gasteiger partial charge in [-0.25, -0.2) is 0 Å². The molecule has 0 saturated carbocycles. The molecule has 0 saturated heterocycles. The van der Waals surface area contributed by atoms with Gasteiger partial charge in [-0.3, -0.25) is 4.79 Å². The molecule has 0 spiro atoms. The van der Waals surface area contributed by atoms with Gasteiger partial charge in [0.05, 0.1) is 24.8 Å². The van der Waals surface area contributed by atoms with Crippen LogP contribution in [0.5, 0.6) is 0 Å². The van der Waals surface area contributed by atoms with Crippen LogP contribution in [0.2, 0.25) is 0 Å². The number of nitrogens with zero attached hydrogens (tertiary/aromatic N) is 1. The quantitative estimate of drug-likeness (QED) is 0.598. The van der Waals surface area contributed by atoms with Crippen LogP contribution >= 0.6 is 12.2 Å². The van der Waals surface area contributed by atoms with E-state index in [0.717, 1.165) is 0 Å². The first kappa shape index (κ1) is 12.8. The summed E-state index contributed by atoms with van der Waals surface area (Å²) in [7, 11) is 0. The summed E-state index contributed by atoms with van der Waals surface area (Å²) in [5.74, 6) is 0. The predicted molar refractivity (Wildman–Crippen MR) is 64.4 cm³/mol. The molecule has 1 atom stereocenters. The van der Waals surface area contributed by atoms with Gasteiger partial charge in [0.2, 0.25) is 0 Å². The number of pyridine rings is 1. The highest BCUT2D eigenvalue weighted by atomic mass is 32.1. The number of hydrogen-bond acceptors (Lipinski definition) is 4. The average molecular weight is 242 g/mol. The summed E-state index contributed by atoms with van der Waals surface area (Å²) in [6, 6.07) is 3.25. The Balaban J connectivity index is 3.22. The molecule has 1 aromatic heterocycles. The maximum absolute atomic E-state index is 11.9. The number of nitrogens with two attached hydrogens (primary N) is 1. The Hall–Kier alpha value is -1.24. The summed E-state index contributed by atoms with van der Waals surface area (Å²) < 4.78 is 1.34. The van der Waals surface area contributed by atoms with Crippen molar-refractivity contribution in [2.24, 2.45) is 5.73 Å². The lowest BCUT2D eigenvalue weighted by Crippen LogP contribution is -2.34. The molecule has 16 heavy (non-hydrogen) atoms. The fourth-order valence-corrected chi connectivity index (χ4v) is 1.51. The molecule has 0 fully saturated rings. The molecule has 88 valence electrons. The van der Waals surface area contributed by atoms with E-state index in [9.17, 15) is 9.90 Å². The van der Waals surface area contributed by atoms with Crippen LogP contribution in [-0.2, 0) is 6.54 Å². The van der Waals surface area contributed by atoms with Crippen LogP contribution in [0.15, 0.2) is 16.9 Å². The van der Waals surface area contributed by atoms with Gasteiger partial charge in [0.15, 0.2) is 0 Å². The van der Waals surface area contributed by atoms with Crippen LogP contribution in [0.1, 0.15) is 11.3 Å². The van der Waals surface area contributed by atoms with Crippen LogP contribution in [0, 0.1) is 6.92 Å². The molecule has 0 aromatic carbocycles. The fourth-order valence-electron chi connectivity index (χ4n) is 1.35. The summed E-state index contributed by atoms with van der Waals surface area (Å²) >= 11 is 4.75. The summed E-state index contributed by atoms with van der Waals surface area (Å²) in [5, 5.41) is 18.1. The normalized spacial score (nSPS) is 12.4. The number of aliphatic hydroxyl groups excluding tert-OH is 2. The van der Waals surface area contributed by atoms with Crippen molar-refractivity contribution in [2.45, 2.75) is 19.6 Å². The van der Waals surface area contributed by atoms with Crippen LogP contribution in [-0.4, -0.2) is 32.5 Å². The zero-order valence-corrected chi connectivity index (χ0v) is 9.70. The molecule has 0 aliphatic rings. The molecular weight excluding hydrogens is 228 g/mol. The molecule has 1 heterocycles. The molecule has 0 aliphatic carbocycles. The summed E-state index contributed by atoms with van der Waals surface area (Å²) in [6.07, 6.45) is -0.974. The largest absolute Gasteiger partial charge is 0.394 e. The maximum Gasteiger partial charge on any atom is 0.261 e. The van der Waals surface area contributed by atoms with Gasteiger partial charge in [-0.05, 0) is 19.1 Å². The van der Waals surface area contributed by atoms with Gasteiger partial charge in [0, 0.05) is 5.69 Å². The number of aromatic nitrogens is 1. The second kappa shape index (κ2) is 5.20. The van der Waals surface area contributed by atoms with E-state index >= 15 is 0 Å². The Kier molecular flexibility index (Phi) is 4.17. The number of aliphatic hydroxyl groups is 2. The first-order valence-corrected chi connectivity index (χ1v) is 5.17. The Labute approximate surface area is 98.1 Å². The van der Waals surface area contributed by atoms with E-state index in [2.05, 4.69) is 0 Å². The minimum absolute atomic E-state index is 0.0252. The third-order valence-electron chi connectivity index (χ3n) is 2.26. The zero-order valence-electron chi connectivity index (χ0n) is 8.88. The predicted octanol–water partition coefficient (Wildman–Crippen LogP) is -0.856. The van der Waals surface area contributed by atoms with Gasteiger partial charge >= 0.3 is 0 Å². The molecule has 1 unspecified atom stereocenters. The summed E-state index contributed by atoms with van der Waals surface area (Å²) in [4.78, 5) is 11.9. The summed E-state index contributed by atoms with van der Waals surface area (Å²) in [5.41, 5.74) is 5.98. The number of hydrogen-bond donors (Lipinski definition) is 3. The Morgan fingerprint density at radius 1 is 1.62 bits per heavy atom. The zero-order chi connectivity index (χ0) is 12.3. The lowest BCUT2D eigenvalue weighted by atomic mass is 10.2. The molecule has 0 aliphatic heterocycles. The molecule has 6 heteroatoms. The first-order valence-electron chi connectivity index (χ1n) is 4.76. The molecule has 0 radical (unpaired) electrons. The standard InChI is InChI=1S/C10H14N2O3S/c1-6-2-3-8(9(11)16)10(15)12(6)4-7(14)5-13/h2-3,7,13-14H,4-5H2,1H3,(H2,11,16). The SMILES string of the molecule is Cc1ccc(C(N)=S)c(=O)n1CC(O)CO. The fraction of sp³-hybridized carbons (Fsp3) is 0.400. The lowest BCUT2D eigenvalue weighted by Gasteiger charge is -2.14. The topological polar surface area (TPSA) is 88.5 Å². The molecule has 1 rings (SSSR count). The number of aryl methyl sites for hydroxylation is 1. The van der Waals surface area contributed by atoms with E-state index < -0.39 is 12.7 Å². The van der Waals surface area contributed by atoms with Crippen molar-refractivity contribution in [3.8, 4) is 0 Å². The highest BCUT2D eigenvalue weighted by Crippen LogP contribution is 2.00. The van der Waals surface area contributed by atoms with Crippen LogP contribution < -0.4 is 11.3 Å². The van der Waals surface area contributed by atoms with Crippen LogP contribution in [0.25, 0.3) is 0 Å². The van der Waals surface area contributed by atoms with Crippen molar-refractivity contribution < 1.29 is 10.2 Å². The minimum atomic E-state index is -0.974. The van der Waals surface area contributed by atoms with E-state index in [1.54, 1.807) is 19.1 Å². The average Bonchev–Trinajstić information content (AvgIpc) is 2.23. The van der Waals surface area contributed by atoms with Crippen molar-refractivity contribution in [2.75, 3.05) is 6.61 Å². The third kappa shape index (κ3) is 2.66. The molecule has 1 aromatic rings. The molecule has 0 bridgehead atoms. The van der Waals surface area contributed by atoms with Gasteiger partial charge in [-0.1, -0.05) is 12.2 Å². The smallest absolute Gasteiger partial charge is 0.261 e. The van der Waals surface area contributed by atoms with E-state index in [4.69, 9.17) is 23.1 Å². The van der Waals surface area contributed by atoms with Crippen molar-refractivity contribution in [1.29, 1.82) is 0 Å². The first-order chi connectivity index (χ1) is 7.47. The molecular formula is C10H14N2O3S. The van der Waals surface area contributed by atoms with E-state index in [-0.39, 0.29) is 22.7 Å². The number of rotatable bonds is 4. The minimum Gasteiger partial charge on any atom is -0.394 e. The van der Waals surface area contributed by atoms with Gasteiger partial charge in [0.25, 0.3) is 5.56 Å². The second-order valence-electron chi connectivity index (χ2n) is 3.50.